The van der Waals surface area contributed by atoms with E-state index in [9.17, 15) is 0 Å². The number of hydrogen-bond donors (Lipinski definition) is 0. The third-order valence-electron chi connectivity index (χ3n) is 2.68. The van der Waals surface area contributed by atoms with Crippen molar-refractivity contribution in [2.45, 2.75) is 13.8 Å². The molecule has 2 heteroatoms. The average molecular weight is 222 g/mol. The van der Waals surface area contributed by atoms with Gasteiger partial charge in [0.2, 0.25) is 0 Å². The van der Waals surface area contributed by atoms with Crippen LogP contribution in [-0.4, -0.2) is 6.01 Å². The molecule has 2 aromatic carbocycles. The molecule has 0 aliphatic heterocycles. The van der Waals surface area contributed by atoms with Gasteiger partial charge in [-0.2, -0.15) is 9.98 Å². The Morgan fingerprint density at radius 1 is 0.824 bits per heavy atom. The molecule has 0 saturated carbocycles. The van der Waals surface area contributed by atoms with Crippen LogP contribution < -0.4 is 0 Å². The predicted molar refractivity (Wildman–Crippen MR) is 71.5 cm³/mol. The maximum atomic E-state index is 4.25. The Morgan fingerprint density at radius 3 is 2.35 bits per heavy atom. The summed E-state index contributed by atoms with van der Waals surface area (Å²) < 4.78 is 0. The monoisotopic (exact) mass is 222 g/mol. The topological polar surface area (TPSA) is 24.7 Å². The van der Waals surface area contributed by atoms with Crippen molar-refractivity contribution >= 4 is 17.4 Å². The van der Waals surface area contributed by atoms with Gasteiger partial charge in [0.25, 0.3) is 0 Å². The standard InChI is InChI=1S/C15H14N2/c1-12-7-6-10-15(13(12)2)17-11-16-14-8-4-3-5-9-14/h3-10H,1-2H3. The summed E-state index contributed by atoms with van der Waals surface area (Å²) in [7, 11) is 0. The normalized spacial score (nSPS) is 9.53. The highest BCUT2D eigenvalue weighted by Crippen LogP contribution is 2.20. The van der Waals surface area contributed by atoms with Crippen LogP contribution in [0.25, 0.3) is 0 Å². The van der Waals surface area contributed by atoms with Crippen LogP contribution in [0.15, 0.2) is 58.5 Å². The molecule has 0 heterocycles. The van der Waals surface area contributed by atoms with E-state index in [-0.39, 0.29) is 0 Å². The zero-order valence-electron chi connectivity index (χ0n) is 10.0. The molecule has 0 bridgehead atoms. The molecule has 84 valence electrons. The van der Waals surface area contributed by atoms with Gasteiger partial charge in [-0.15, -0.1) is 0 Å². The number of hydrogen-bond acceptors (Lipinski definition) is 2. The summed E-state index contributed by atoms with van der Waals surface area (Å²) >= 11 is 0. The number of benzene rings is 2. The van der Waals surface area contributed by atoms with Crippen molar-refractivity contribution in [2.24, 2.45) is 9.98 Å². The predicted octanol–water partition coefficient (Wildman–Crippen LogP) is 4.44. The first-order chi connectivity index (χ1) is 8.27. The van der Waals surface area contributed by atoms with E-state index in [0.29, 0.717) is 0 Å². The Hall–Kier alpha value is -2.18. The lowest BCUT2D eigenvalue weighted by Crippen LogP contribution is -1.79. The molecule has 0 atom stereocenters. The maximum Gasteiger partial charge on any atom is 0.100 e. The summed E-state index contributed by atoms with van der Waals surface area (Å²) in [5.41, 5.74) is 4.18. The average Bonchev–Trinajstić information content (AvgIpc) is 2.36. The summed E-state index contributed by atoms with van der Waals surface area (Å²) in [5.74, 6) is 0. The number of aliphatic imine (C=N–C) groups is 2. The minimum atomic E-state index is 0.863. The second-order valence-electron chi connectivity index (χ2n) is 3.88. The Kier molecular flexibility index (Phi) is 3.49. The van der Waals surface area contributed by atoms with Gasteiger partial charge in [0.15, 0.2) is 0 Å². The van der Waals surface area contributed by atoms with Crippen molar-refractivity contribution in [3.63, 3.8) is 0 Å². The highest BCUT2D eigenvalue weighted by Gasteiger charge is 1.96. The molecule has 0 unspecified atom stereocenters. The van der Waals surface area contributed by atoms with Crippen molar-refractivity contribution < 1.29 is 0 Å². The highest BCUT2D eigenvalue weighted by molar-refractivity contribution is 5.60. The van der Waals surface area contributed by atoms with Crippen molar-refractivity contribution in [3.05, 3.63) is 59.7 Å². The molecule has 17 heavy (non-hydrogen) atoms. The Balaban J connectivity index is 2.27. The van der Waals surface area contributed by atoms with E-state index >= 15 is 0 Å². The van der Waals surface area contributed by atoms with E-state index in [1.165, 1.54) is 11.1 Å². The van der Waals surface area contributed by atoms with Crippen LogP contribution in [0.4, 0.5) is 11.4 Å². The lowest BCUT2D eigenvalue weighted by molar-refractivity contribution is 1.31. The number of para-hydroxylation sites is 1. The third-order valence-corrected chi connectivity index (χ3v) is 2.68. The SMILES string of the molecule is Cc1cccc(N=C=Nc2ccccc2)c1C. The first kappa shape index (κ1) is 11.3. The number of aryl methyl sites for hydroxylation is 1. The van der Waals surface area contributed by atoms with Gasteiger partial charge in [0.05, 0.1) is 11.4 Å². The Labute approximate surface area is 101 Å². The van der Waals surface area contributed by atoms with Crippen molar-refractivity contribution in [3.8, 4) is 0 Å². The van der Waals surface area contributed by atoms with Crippen LogP contribution in [0.5, 0.6) is 0 Å². The van der Waals surface area contributed by atoms with Gasteiger partial charge in [0.1, 0.15) is 6.01 Å². The fourth-order valence-electron chi connectivity index (χ4n) is 1.50. The molecule has 0 saturated heterocycles. The second-order valence-corrected chi connectivity index (χ2v) is 3.88. The van der Waals surface area contributed by atoms with Crippen molar-refractivity contribution in [1.82, 2.24) is 0 Å². The second kappa shape index (κ2) is 5.24. The first-order valence-corrected chi connectivity index (χ1v) is 5.55. The molecule has 0 aliphatic rings. The van der Waals surface area contributed by atoms with Crippen LogP contribution >= 0.6 is 0 Å². The summed E-state index contributed by atoms with van der Waals surface area (Å²) in [6.45, 7) is 4.13. The van der Waals surface area contributed by atoms with E-state index in [2.05, 4.69) is 35.9 Å². The fourth-order valence-corrected chi connectivity index (χ4v) is 1.50. The van der Waals surface area contributed by atoms with E-state index in [1.54, 1.807) is 0 Å². The molecular formula is C15H14N2. The minimum Gasteiger partial charge on any atom is -0.188 e. The minimum absolute atomic E-state index is 0.863. The highest BCUT2D eigenvalue weighted by atomic mass is 14.8. The van der Waals surface area contributed by atoms with E-state index in [1.807, 2.05) is 42.5 Å². The lowest BCUT2D eigenvalue weighted by atomic mass is 10.1. The van der Waals surface area contributed by atoms with E-state index < -0.39 is 0 Å². The van der Waals surface area contributed by atoms with Gasteiger partial charge in [0, 0.05) is 0 Å². The van der Waals surface area contributed by atoms with Crippen LogP contribution in [-0.2, 0) is 0 Å². The quantitative estimate of drug-likeness (QED) is 0.671. The van der Waals surface area contributed by atoms with Crippen LogP contribution in [0.1, 0.15) is 11.1 Å². The van der Waals surface area contributed by atoms with Crippen molar-refractivity contribution in [2.75, 3.05) is 0 Å². The van der Waals surface area contributed by atoms with E-state index in [0.717, 1.165) is 11.4 Å². The molecule has 0 aromatic heterocycles. The first-order valence-electron chi connectivity index (χ1n) is 5.55. The summed E-state index contributed by atoms with van der Waals surface area (Å²) in [5, 5.41) is 0. The molecule has 0 radical (unpaired) electrons. The number of rotatable bonds is 2. The summed E-state index contributed by atoms with van der Waals surface area (Å²) in [6, 6.07) is 18.5. The third kappa shape index (κ3) is 2.90. The van der Waals surface area contributed by atoms with Gasteiger partial charge in [-0.05, 0) is 43.2 Å². The molecule has 0 N–H and O–H groups in total. The summed E-state index contributed by atoms with van der Waals surface area (Å²) in [4.78, 5) is 8.40. The van der Waals surface area contributed by atoms with Gasteiger partial charge in [-0.25, -0.2) is 0 Å². The van der Waals surface area contributed by atoms with Crippen molar-refractivity contribution in [1.29, 1.82) is 0 Å². The van der Waals surface area contributed by atoms with Gasteiger partial charge in [-0.3, -0.25) is 0 Å². The van der Waals surface area contributed by atoms with Crippen LogP contribution in [0.2, 0.25) is 0 Å². The lowest BCUT2D eigenvalue weighted by Gasteiger charge is -2.00. The Morgan fingerprint density at radius 2 is 1.59 bits per heavy atom. The molecule has 0 spiro atoms. The van der Waals surface area contributed by atoms with Gasteiger partial charge in [-0.1, -0.05) is 30.3 Å². The molecule has 0 amide bonds. The molecule has 2 aromatic rings. The smallest absolute Gasteiger partial charge is 0.100 e. The molecule has 2 nitrogen and oxygen atoms in total. The van der Waals surface area contributed by atoms with Gasteiger partial charge < -0.3 is 0 Å². The largest absolute Gasteiger partial charge is 0.188 e. The zero-order valence-corrected chi connectivity index (χ0v) is 10.0. The van der Waals surface area contributed by atoms with Crippen LogP contribution in [0.3, 0.4) is 0 Å². The zero-order chi connectivity index (χ0) is 12.1. The van der Waals surface area contributed by atoms with Crippen LogP contribution in [0, 0.1) is 13.8 Å². The molecule has 0 aliphatic carbocycles. The summed E-state index contributed by atoms with van der Waals surface area (Å²) in [6.07, 6.45) is 0. The number of nitrogens with zero attached hydrogens (tertiary/aromatic N) is 2. The fraction of sp³-hybridized carbons (Fsp3) is 0.133. The molecular weight excluding hydrogens is 208 g/mol. The maximum absolute atomic E-state index is 4.25. The van der Waals surface area contributed by atoms with Gasteiger partial charge >= 0.3 is 0 Å². The van der Waals surface area contributed by atoms with E-state index in [4.69, 9.17) is 0 Å². The molecule has 2 rings (SSSR count). The Bertz CT molecular complexity index is 565. The molecule has 0 fully saturated rings.